The van der Waals surface area contributed by atoms with Crippen LogP contribution in [0.1, 0.15) is 24.7 Å². The summed E-state index contributed by atoms with van der Waals surface area (Å²) in [5.41, 5.74) is 1.93. The number of rotatable bonds is 4. The molecule has 0 radical (unpaired) electrons. The second-order valence-electron chi connectivity index (χ2n) is 3.44. The van der Waals surface area contributed by atoms with E-state index in [-0.39, 0.29) is 0 Å². The number of aromatic nitrogens is 2. The summed E-state index contributed by atoms with van der Waals surface area (Å²) in [4.78, 5) is 10.7. The number of hydrogen-bond donors (Lipinski definition) is 0. The first-order valence-electron chi connectivity index (χ1n) is 5.11. The van der Waals surface area contributed by atoms with Gasteiger partial charge in [-0.3, -0.25) is 0 Å². The van der Waals surface area contributed by atoms with Crippen LogP contribution in [0.2, 0.25) is 0 Å². The zero-order valence-electron chi connectivity index (χ0n) is 9.49. The second-order valence-corrected chi connectivity index (χ2v) is 3.44. The first-order chi connectivity index (χ1) is 7.17. The normalized spacial score (nSPS) is 9.73. The van der Waals surface area contributed by atoms with Crippen molar-refractivity contribution < 1.29 is 0 Å². The number of aryl methyl sites for hydroxylation is 2. The molecule has 0 bridgehead atoms. The van der Waals surface area contributed by atoms with Crippen LogP contribution < -0.4 is 4.90 Å². The maximum absolute atomic E-state index is 8.55. The van der Waals surface area contributed by atoms with Crippen LogP contribution in [-0.4, -0.2) is 23.1 Å². The van der Waals surface area contributed by atoms with Crippen LogP contribution in [0.5, 0.6) is 0 Å². The van der Waals surface area contributed by atoms with Crippen molar-refractivity contribution in [1.82, 2.24) is 9.97 Å². The Hall–Kier alpha value is -1.63. The van der Waals surface area contributed by atoms with Crippen molar-refractivity contribution in [1.29, 1.82) is 5.26 Å². The summed E-state index contributed by atoms with van der Waals surface area (Å²) in [5.74, 6) is 0.727. The lowest BCUT2D eigenvalue weighted by atomic mass is 10.3. The second kappa shape index (κ2) is 5.30. The topological polar surface area (TPSA) is 52.8 Å². The molecule has 1 aromatic rings. The van der Waals surface area contributed by atoms with E-state index >= 15 is 0 Å². The molecule has 80 valence electrons. The van der Waals surface area contributed by atoms with Gasteiger partial charge in [0.1, 0.15) is 0 Å². The predicted octanol–water partition coefficient (Wildman–Crippen LogP) is 1.83. The zero-order valence-corrected chi connectivity index (χ0v) is 9.49. The quantitative estimate of drug-likeness (QED) is 0.750. The smallest absolute Gasteiger partial charge is 0.225 e. The van der Waals surface area contributed by atoms with E-state index in [2.05, 4.69) is 16.0 Å². The van der Waals surface area contributed by atoms with E-state index in [1.165, 1.54) is 0 Å². The van der Waals surface area contributed by atoms with Crippen LogP contribution in [0.3, 0.4) is 0 Å². The molecule has 0 aliphatic rings. The van der Waals surface area contributed by atoms with Gasteiger partial charge in [0.05, 0.1) is 12.5 Å². The highest BCUT2D eigenvalue weighted by molar-refractivity contribution is 5.31. The summed E-state index contributed by atoms with van der Waals surface area (Å²) in [6, 6.07) is 4.08. The standard InChI is InChI=1S/C11H16N4/c1-4-15(7-5-6-12)11-13-9(2)8-10(3)14-11/h8H,4-5,7H2,1-3H3. The third kappa shape index (κ3) is 3.21. The molecule has 0 atom stereocenters. The van der Waals surface area contributed by atoms with Crippen molar-refractivity contribution in [3.05, 3.63) is 17.5 Å². The van der Waals surface area contributed by atoms with Gasteiger partial charge in [-0.2, -0.15) is 5.26 Å². The fourth-order valence-electron chi connectivity index (χ4n) is 1.43. The molecule has 15 heavy (non-hydrogen) atoms. The molecule has 0 aliphatic carbocycles. The molecule has 1 rings (SSSR count). The van der Waals surface area contributed by atoms with Crippen LogP contribution in [0, 0.1) is 25.2 Å². The van der Waals surface area contributed by atoms with Gasteiger partial charge < -0.3 is 4.90 Å². The van der Waals surface area contributed by atoms with Crippen molar-refractivity contribution in [3.8, 4) is 6.07 Å². The van der Waals surface area contributed by atoms with Crippen molar-refractivity contribution in [2.75, 3.05) is 18.0 Å². The summed E-state index contributed by atoms with van der Waals surface area (Å²) >= 11 is 0. The van der Waals surface area contributed by atoms with Gasteiger partial charge in [-0.05, 0) is 26.8 Å². The first kappa shape index (κ1) is 11.4. The third-order valence-electron chi connectivity index (χ3n) is 2.13. The van der Waals surface area contributed by atoms with Gasteiger partial charge in [0.15, 0.2) is 0 Å². The molecular formula is C11H16N4. The van der Waals surface area contributed by atoms with Crippen molar-refractivity contribution >= 4 is 5.95 Å². The lowest BCUT2D eigenvalue weighted by Crippen LogP contribution is -2.26. The summed E-state index contributed by atoms with van der Waals surface area (Å²) in [6.07, 6.45) is 0.504. The van der Waals surface area contributed by atoms with Crippen molar-refractivity contribution in [3.63, 3.8) is 0 Å². The Kier molecular flexibility index (Phi) is 4.04. The Morgan fingerprint density at radius 2 is 1.93 bits per heavy atom. The maximum atomic E-state index is 8.55. The maximum Gasteiger partial charge on any atom is 0.225 e. The van der Waals surface area contributed by atoms with Crippen LogP contribution in [0.25, 0.3) is 0 Å². The van der Waals surface area contributed by atoms with E-state index in [1.54, 1.807) is 0 Å². The Labute approximate surface area is 90.6 Å². The van der Waals surface area contributed by atoms with Gasteiger partial charge in [-0.15, -0.1) is 0 Å². The van der Waals surface area contributed by atoms with Gasteiger partial charge in [0, 0.05) is 24.5 Å². The van der Waals surface area contributed by atoms with Gasteiger partial charge in [-0.25, -0.2) is 9.97 Å². The molecule has 0 unspecified atom stereocenters. The van der Waals surface area contributed by atoms with E-state index in [0.29, 0.717) is 13.0 Å². The molecule has 0 aliphatic heterocycles. The van der Waals surface area contributed by atoms with Gasteiger partial charge in [0.2, 0.25) is 5.95 Å². The number of nitrogens with zero attached hydrogens (tertiary/aromatic N) is 4. The number of nitriles is 1. The molecule has 1 aromatic heterocycles. The SMILES string of the molecule is CCN(CCC#N)c1nc(C)cc(C)n1. The Morgan fingerprint density at radius 1 is 1.33 bits per heavy atom. The fraction of sp³-hybridized carbons (Fsp3) is 0.545. The minimum absolute atomic E-state index is 0.504. The van der Waals surface area contributed by atoms with Crippen molar-refractivity contribution in [2.24, 2.45) is 0 Å². The summed E-state index contributed by atoms with van der Waals surface area (Å²) in [7, 11) is 0. The van der Waals surface area contributed by atoms with E-state index in [0.717, 1.165) is 23.9 Å². The molecule has 0 N–H and O–H groups in total. The molecule has 4 heteroatoms. The lowest BCUT2D eigenvalue weighted by Gasteiger charge is -2.19. The zero-order chi connectivity index (χ0) is 11.3. The molecular weight excluding hydrogens is 188 g/mol. The predicted molar refractivity (Wildman–Crippen MR) is 59.6 cm³/mol. The highest BCUT2D eigenvalue weighted by Gasteiger charge is 2.07. The summed E-state index contributed by atoms with van der Waals surface area (Å²) in [6.45, 7) is 7.46. The van der Waals surface area contributed by atoms with Crippen LogP contribution in [-0.2, 0) is 0 Å². The highest BCUT2D eigenvalue weighted by atomic mass is 15.2. The fourth-order valence-corrected chi connectivity index (χ4v) is 1.43. The Morgan fingerprint density at radius 3 is 2.40 bits per heavy atom. The first-order valence-corrected chi connectivity index (χ1v) is 5.11. The lowest BCUT2D eigenvalue weighted by molar-refractivity contribution is 0.782. The van der Waals surface area contributed by atoms with E-state index in [1.807, 2.05) is 31.7 Å². The molecule has 1 heterocycles. The third-order valence-corrected chi connectivity index (χ3v) is 2.13. The molecule has 0 spiro atoms. The van der Waals surface area contributed by atoms with Gasteiger partial charge >= 0.3 is 0 Å². The van der Waals surface area contributed by atoms with Gasteiger partial charge in [-0.1, -0.05) is 0 Å². The van der Waals surface area contributed by atoms with Gasteiger partial charge in [0.25, 0.3) is 0 Å². The van der Waals surface area contributed by atoms with E-state index in [4.69, 9.17) is 5.26 Å². The summed E-state index contributed by atoms with van der Waals surface area (Å²) < 4.78 is 0. The molecule has 0 fully saturated rings. The number of hydrogen-bond acceptors (Lipinski definition) is 4. The molecule has 0 aromatic carbocycles. The number of anilines is 1. The van der Waals surface area contributed by atoms with E-state index < -0.39 is 0 Å². The monoisotopic (exact) mass is 204 g/mol. The van der Waals surface area contributed by atoms with Crippen molar-refractivity contribution in [2.45, 2.75) is 27.2 Å². The molecule has 0 amide bonds. The Bertz CT molecular complexity index is 347. The summed E-state index contributed by atoms with van der Waals surface area (Å²) in [5, 5.41) is 8.55. The van der Waals surface area contributed by atoms with E-state index in [9.17, 15) is 0 Å². The minimum atomic E-state index is 0.504. The highest BCUT2D eigenvalue weighted by Crippen LogP contribution is 2.09. The van der Waals surface area contributed by atoms with Crippen LogP contribution in [0.4, 0.5) is 5.95 Å². The minimum Gasteiger partial charge on any atom is -0.340 e. The molecule has 0 saturated heterocycles. The van der Waals surface area contributed by atoms with Crippen LogP contribution >= 0.6 is 0 Å². The Balaban J connectivity index is 2.87. The molecule has 4 nitrogen and oxygen atoms in total. The largest absolute Gasteiger partial charge is 0.340 e. The molecule has 0 saturated carbocycles. The average Bonchev–Trinajstić information content (AvgIpc) is 2.17. The average molecular weight is 204 g/mol. The van der Waals surface area contributed by atoms with Crippen LogP contribution in [0.15, 0.2) is 6.07 Å².